The number of thiazole rings is 2. The van der Waals surface area contributed by atoms with E-state index in [-0.39, 0.29) is 0 Å². The first kappa shape index (κ1) is 13.9. The maximum Gasteiger partial charge on any atom is 0.120 e. The minimum Gasteiger partial charge on any atom is -0.402 e. The Bertz CT molecular complexity index is 988. The average molecular weight is 350 g/mol. The number of hydrogen-bond donors (Lipinski definition) is 2. The van der Waals surface area contributed by atoms with Gasteiger partial charge in [-0.1, -0.05) is 12.2 Å². The third kappa shape index (κ3) is 2.18. The van der Waals surface area contributed by atoms with Gasteiger partial charge >= 0.3 is 0 Å². The van der Waals surface area contributed by atoms with E-state index in [0.717, 1.165) is 45.3 Å². The lowest BCUT2D eigenvalue weighted by Crippen LogP contribution is -1.93. The molecule has 4 nitrogen and oxygen atoms in total. The molecule has 0 spiro atoms. The summed E-state index contributed by atoms with van der Waals surface area (Å²) in [5, 5.41) is 2.10. The second-order valence-corrected chi connectivity index (χ2v) is 8.11. The van der Waals surface area contributed by atoms with E-state index in [4.69, 9.17) is 21.4 Å². The highest BCUT2D eigenvalue weighted by molar-refractivity contribution is 7.21. The predicted octanol–water partition coefficient (Wildman–Crippen LogP) is 4.17. The molecule has 2 aromatic heterocycles. The minimum absolute atomic E-state index is 0.791. The van der Waals surface area contributed by atoms with Crippen LogP contribution in [0, 0.1) is 0 Å². The number of rotatable bonds is 2. The molecule has 1 aromatic carbocycles. The molecule has 4 N–H and O–H groups in total. The molecule has 3 aromatic rings. The molecule has 0 saturated carbocycles. The number of hydrogen-bond acceptors (Lipinski definition) is 6. The van der Waals surface area contributed by atoms with Gasteiger partial charge in [0.15, 0.2) is 0 Å². The Morgan fingerprint density at radius 2 is 1.17 bits per heavy atom. The number of aromatic nitrogens is 2. The third-order valence-corrected chi connectivity index (χ3v) is 6.42. The molecule has 6 heteroatoms. The molecule has 118 valence electrons. The molecule has 24 heavy (non-hydrogen) atoms. The van der Waals surface area contributed by atoms with Crippen molar-refractivity contribution in [2.45, 2.75) is 12.8 Å². The Labute approximate surface area is 146 Å². The van der Waals surface area contributed by atoms with Crippen LogP contribution in [-0.2, 0) is 0 Å². The van der Waals surface area contributed by atoms with E-state index < -0.39 is 0 Å². The molecular weight excluding hydrogens is 336 g/mol. The van der Waals surface area contributed by atoms with Crippen LogP contribution in [0.15, 0.2) is 47.8 Å². The third-order valence-electron chi connectivity index (χ3n) is 4.23. The van der Waals surface area contributed by atoms with Gasteiger partial charge in [0.1, 0.15) is 10.0 Å². The summed E-state index contributed by atoms with van der Waals surface area (Å²) >= 11 is 3.41. The first-order chi connectivity index (χ1) is 11.7. The number of benzene rings is 1. The lowest BCUT2D eigenvalue weighted by atomic mass is 10.2. The largest absolute Gasteiger partial charge is 0.402 e. The molecule has 2 heterocycles. The Morgan fingerprint density at radius 3 is 1.54 bits per heavy atom. The van der Waals surface area contributed by atoms with Crippen molar-refractivity contribution in [2.24, 2.45) is 11.5 Å². The van der Waals surface area contributed by atoms with Crippen molar-refractivity contribution < 1.29 is 0 Å². The molecule has 0 saturated heterocycles. The first-order valence-corrected chi connectivity index (χ1v) is 9.31. The van der Waals surface area contributed by atoms with E-state index in [2.05, 4.69) is 24.3 Å². The van der Waals surface area contributed by atoms with Crippen LogP contribution in [0.3, 0.4) is 0 Å². The molecule has 0 fully saturated rings. The van der Waals surface area contributed by atoms with E-state index in [0.29, 0.717) is 0 Å². The summed E-state index contributed by atoms with van der Waals surface area (Å²) < 4.78 is 2.33. The van der Waals surface area contributed by atoms with Crippen LogP contribution in [0.4, 0.5) is 0 Å². The van der Waals surface area contributed by atoms with Crippen molar-refractivity contribution in [1.82, 2.24) is 9.97 Å². The van der Waals surface area contributed by atoms with Gasteiger partial charge in [-0.3, -0.25) is 0 Å². The Kier molecular flexibility index (Phi) is 2.92. The molecule has 0 atom stereocenters. The maximum absolute atomic E-state index is 5.87. The molecule has 5 rings (SSSR count). The quantitative estimate of drug-likeness (QED) is 0.727. The zero-order chi connectivity index (χ0) is 16.3. The van der Waals surface area contributed by atoms with Gasteiger partial charge in [-0.15, -0.1) is 22.7 Å². The van der Waals surface area contributed by atoms with Crippen LogP contribution in [0.25, 0.3) is 31.6 Å². The van der Waals surface area contributed by atoms with Gasteiger partial charge in [0.05, 0.1) is 20.4 Å². The minimum atomic E-state index is 0.791. The van der Waals surface area contributed by atoms with Gasteiger partial charge in [-0.25, -0.2) is 9.97 Å². The van der Waals surface area contributed by atoms with Crippen LogP contribution >= 0.6 is 22.7 Å². The van der Waals surface area contributed by atoms with E-state index in [9.17, 15) is 0 Å². The van der Waals surface area contributed by atoms with E-state index in [1.54, 1.807) is 22.7 Å². The molecule has 2 aliphatic rings. The molecule has 2 aliphatic carbocycles. The summed E-state index contributed by atoms with van der Waals surface area (Å²) in [4.78, 5) is 9.59. The van der Waals surface area contributed by atoms with Gasteiger partial charge in [0, 0.05) is 24.2 Å². The fourth-order valence-corrected chi connectivity index (χ4v) is 5.02. The monoisotopic (exact) mass is 350 g/mol. The standard InChI is InChI=1S/C18H14N4S2/c19-11-3-1-9(5-11)17-21-13-7-16-14(8-15(13)23-17)22-18(24-16)10-2-4-12(20)6-10/h1-4,7-8H,5-6,19-20H2. The molecule has 0 radical (unpaired) electrons. The average Bonchev–Trinajstić information content (AvgIpc) is 3.29. The highest BCUT2D eigenvalue weighted by Crippen LogP contribution is 2.37. The smallest absolute Gasteiger partial charge is 0.120 e. The normalized spacial score (nSPS) is 17.3. The van der Waals surface area contributed by atoms with Crippen LogP contribution < -0.4 is 11.5 Å². The highest BCUT2D eigenvalue weighted by atomic mass is 32.1. The van der Waals surface area contributed by atoms with Crippen molar-refractivity contribution in [3.05, 3.63) is 57.8 Å². The summed E-state index contributed by atoms with van der Waals surface area (Å²) in [5.41, 5.74) is 18.0. The summed E-state index contributed by atoms with van der Waals surface area (Å²) in [6.07, 6.45) is 9.63. The summed E-state index contributed by atoms with van der Waals surface area (Å²) in [6.45, 7) is 0. The number of nitrogens with zero attached hydrogens (tertiary/aromatic N) is 2. The van der Waals surface area contributed by atoms with Crippen molar-refractivity contribution >= 4 is 54.3 Å². The van der Waals surface area contributed by atoms with Crippen molar-refractivity contribution in [2.75, 3.05) is 0 Å². The Morgan fingerprint density at radius 1 is 0.708 bits per heavy atom. The van der Waals surface area contributed by atoms with Crippen LogP contribution in [-0.4, -0.2) is 9.97 Å². The van der Waals surface area contributed by atoms with E-state index in [1.807, 2.05) is 12.2 Å². The number of fused-ring (bicyclic) bond motifs is 2. The molecular formula is C18H14N4S2. The molecule has 0 amide bonds. The maximum atomic E-state index is 5.87. The molecule has 0 unspecified atom stereocenters. The van der Waals surface area contributed by atoms with E-state index >= 15 is 0 Å². The second kappa shape index (κ2) is 5.03. The van der Waals surface area contributed by atoms with Gasteiger partial charge in [0.25, 0.3) is 0 Å². The zero-order valence-electron chi connectivity index (χ0n) is 12.7. The number of nitrogens with two attached hydrogens (primary N) is 2. The lowest BCUT2D eigenvalue weighted by Gasteiger charge is -1.95. The second-order valence-electron chi connectivity index (χ2n) is 6.05. The van der Waals surface area contributed by atoms with Gasteiger partial charge in [-0.2, -0.15) is 0 Å². The van der Waals surface area contributed by atoms with Gasteiger partial charge in [0.2, 0.25) is 0 Å². The fraction of sp³-hybridized carbons (Fsp3) is 0.111. The van der Waals surface area contributed by atoms with Gasteiger partial charge in [-0.05, 0) is 35.4 Å². The zero-order valence-corrected chi connectivity index (χ0v) is 14.4. The molecule has 0 aliphatic heterocycles. The van der Waals surface area contributed by atoms with Crippen molar-refractivity contribution in [1.29, 1.82) is 0 Å². The van der Waals surface area contributed by atoms with Crippen LogP contribution in [0.1, 0.15) is 22.9 Å². The number of allylic oxidation sites excluding steroid dienone is 6. The predicted molar refractivity (Wildman–Crippen MR) is 103 cm³/mol. The summed E-state index contributed by atoms with van der Waals surface area (Å²) in [7, 11) is 0. The van der Waals surface area contributed by atoms with Crippen LogP contribution in [0.2, 0.25) is 0 Å². The molecule has 0 bridgehead atoms. The highest BCUT2D eigenvalue weighted by Gasteiger charge is 2.16. The van der Waals surface area contributed by atoms with Crippen LogP contribution in [0.5, 0.6) is 0 Å². The van der Waals surface area contributed by atoms with Crippen molar-refractivity contribution in [3.63, 3.8) is 0 Å². The first-order valence-electron chi connectivity index (χ1n) is 7.68. The summed E-state index contributed by atoms with van der Waals surface area (Å²) in [6, 6.07) is 4.29. The SMILES string of the molecule is NC1=CC=C(c2nc3cc4sc(C5=CC=C(N)C5)nc4cc3s2)C1. The van der Waals surface area contributed by atoms with Crippen molar-refractivity contribution in [3.8, 4) is 0 Å². The topological polar surface area (TPSA) is 77.8 Å². The summed E-state index contributed by atoms with van der Waals surface area (Å²) in [5.74, 6) is 0. The Hall–Kier alpha value is -2.44. The Balaban J connectivity index is 1.56. The fourth-order valence-electron chi connectivity index (χ4n) is 3.01. The van der Waals surface area contributed by atoms with Gasteiger partial charge < -0.3 is 11.5 Å². The lowest BCUT2D eigenvalue weighted by molar-refractivity contribution is 1.20. The van der Waals surface area contributed by atoms with E-state index in [1.165, 1.54) is 20.5 Å².